The second-order valence-corrected chi connectivity index (χ2v) is 8.00. The van der Waals surface area contributed by atoms with Gasteiger partial charge >= 0.3 is 0 Å². The Kier molecular flexibility index (Phi) is 6.88. The van der Waals surface area contributed by atoms with Crippen molar-refractivity contribution >= 4 is 15.9 Å². The molecule has 1 atom stereocenters. The first-order valence-corrected chi connectivity index (χ1v) is 10.1. The lowest BCUT2D eigenvalue weighted by Gasteiger charge is -2.17. The van der Waals surface area contributed by atoms with Gasteiger partial charge in [-0.3, -0.25) is 9.78 Å². The Balaban J connectivity index is 2.01. The van der Waals surface area contributed by atoms with Crippen molar-refractivity contribution in [2.75, 3.05) is 13.6 Å². The number of carbonyl (C=O) groups is 1. The zero-order chi connectivity index (χ0) is 19.2. The molecular weight excluding hydrogens is 350 g/mol. The maximum atomic E-state index is 12.5. The normalized spacial score (nSPS) is 12.6. The molecule has 1 heterocycles. The molecule has 1 amide bonds. The van der Waals surface area contributed by atoms with Crippen molar-refractivity contribution in [3.63, 3.8) is 0 Å². The van der Waals surface area contributed by atoms with E-state index in [0.717, 1.165) is 12.0 Å². The van der Waals surface area contributed by atoms with Crippen molar-refractivity contribution in [1.82, 2.24) is 14.6 Å². The lowest BCUT2D eigenvalue weighted by molar-refractivity contribution is 0.0796. The summed E-state index contributed by atoms with van der Waals surface area (Å²) in [5.74, 6) is -0.141. The molecule has 1 N–H and O–H groups in total. The molecule has 6 nitrogen and oxygen atoms in total. The van der Waals surface area contributed by atoms with Crippen LogP contribution in [-0.4, -0.2) is 43.8 Å². The number of aromatic nitrogens is 1. The van der Waals surface area contributed by atoms with Crippen LogP contribution in [0, 0.1) is 0 Å². The van der Waals surface area contributed by atoms with E-state index in [1.807, 2.05) is 26.0 Å². The van der Waals surface area contributed by atoms with Gasteiger partial charge in [0.15, 0.2) is 0 Å². The molecular formula is C19H25N3O3S. The summed E-state index contributed by atoms with van der Waals surface area (Å²) in [4.78, 5) is 18.3. The Morgan fingerprint density at radius 2 is 1.77 bits per heavy atom. The third-order valence-electron chi connectivity index (χ3n) is 4.21. The summed E-state index contributed by atoms with van der Waals surface area (Å²) in [5.41, 5.74) is 1.57. The van der Waals surface area contributed by atoms with Gasteiger partial charge in [0.05, 0.1) is 4.90 Å². The summed E-state index contributed by atoms with van der Waals surface area (Å²) in [7, 11) is -1.83. The lowest BCUT2D eigenvalue weighted by atomic mass is 10.1. The molecule has 1 aromatic heterocycles. The maximum absolute atomic E-state index is 12.5. The summed E-state index contributed by atoms with van der Waals surface area (Å²) in [6.45, 7) is 4.29. The van der Waals surface area contributed by atoms with Crippen LogP contribution in [0.4, 0.5) is 0 Å². The minimum absolute atomic E-state index is 0.138. The van der Waals surface area contributed by atoms with E-state index in [4.69, 9.17) is 0 Å². The fourth-order valence-corrected chi connectivity index (χ4v) is 3.69. The monoisotopic (exact) mass is 375 g/mol. The molecule has 0 bridgehead atoms. The highest BCUT2D eigenvalue weighted by molar-refractivity contribution is 7.89. The first-order valence-electron chi connectivity index (χ1n) is 8.60. The Morgan fingerprint density at radius 3 is 2.35 bits per heavy atom. The quantitative estimate of drug-likeness (QED) is 0.769. The summed E-state index contributed by atoms with van der Waals surface area (Å²) in [5, 5.41) is 0. The number of rotatable bonds is 8. The fraction of sp³-hybridized carbons (Fsp3) is 0.368. The van der Waals surface area contributed by atoms with E-state index in [1.165, 1.54) is 12.1 Å². The molecule has 0 fully saturated rings. The Hall–Kier alpha value is -2.25. The molecule has 0 aliphatic heterocycles. The van der Waals surface area contributed by atoms with Crippen LogP contribution in [0.1, 0.15) is 36.2 Å². The number of benzene rings is 1. The summed E-state index contributed by atoms with van der Waals surface area (Å²) >= 11 is 0. The minimum atomic E-state index is -3.56. The van der Waals surface area contributed by atoms with E-state index in [1.54, 1.807) is 36.5 Å². The number of hydrogen-bond acceptors (Lipinski definition) is 4. The van der Waals surface area contributed by atoms with Crippen LogP contribution in [0.2, 0.25) is 0 Å². The largest absolute Gasteiger partial charge is 0.341 e. The molecule has 7 heteroatoms. The van der Waals surface area contributed by atoms with Gasteiger partial charge < -0.3 is 4.90 Å². The van der Waals surface area contributed by atoms with Gasteiger partial charge in [-0.2, -0.15) is 0 Å². The zero-order valence-corrected chi connectivity index (χ0v) is 16.2. The summed E-state index contributed by atoms with van der Waals surface area (Å²) < 4.78 is 27.1. The average Bonchev–Trinajstić information content (AvgIpc) is 2.66. The first-order chi connectivity index (χ1) is 12.3. The number of likely N-dealkylation sites (N-methyl/N-ethyl adjacent to an activating group) is 1. The van der Waals surface area contributed by atoms with Gasteiger partial charge in [0.1, 0.15) is 0 Å². The number of carbonyl (C=O) groups excluding carboxylic acids is 1. The summed E-state index contributed by atoms with van der Waals surface area (Å²) in [6, 6.07) is 9.74. The number of amides is 1. The number of nitrogens with one attached hydrogen (secondary N) is 1. The zero-order valence-electron chi connectivity index (χ0n) is 15.3. The number of pyridine rings is 1. The molecule has 2 aromatic rings. The van der Waals surface area contributed by atoms with Crippen molar-refractivity contribution < 1.29 is 13.2 Å². The first kappa shape index (κ1) is 20.1. The van der Waals surface area contributed by atoms with Crippen molar-refractivity contribution in [3.8, 4) is 0 Å². The average molecular weight is 375 g/mol. The highest BCUT2D eigenvalue weighted by Gasteiger charge is 2.18. The van der Waals surface area contributed by atoms with Crippen molar-refractivity contribution in [3.05, 3.63) is 59.9 Å². The molecule has 0 aliphatic carbocycles. The molecule has 0 saturated heterocycles. The Labute approximate surface area is 155 Å². The van der Waals surface area contributed by atoms with Gasteiger partial charge in [0.2, 0.25) is 10.0 Å². The van der Waals surface area contributed by atoms with Gasteiger partial charge in [-0.25, -0.2) is 13.1 Å². The molecule has 0 radical (unpaired) electrons. The van der Waals surface area contributed by atoms with Crippen LogP contribution < -0.4 is 4.72 Å². The number of hydrogen-bond donors (Lipinski definition) is 1. The van der Waals surface area contributed by atoms with E-state index in [0.29, 0.717) is 18.5 Å². The third-order valence-corrected chi connectivity index (χ3v) is 5.82. The molecule has 0 saturated carbocycles. The minimum Gasteiger partial charge on any atom is -0.341 e. The second kappa shape index (κ2) is 8.91. The van der Waals surface area contributed by atoms with E-state index < -0.39 is 10.0 Å². The highest BCUT2D eigenvalue weighted by atomic mass is 32.2. The lowest BCUT2D eigenvalue weighted by Crippen LogP contribution is -2.32. The van der Waals surface area contributed by atoms with Gasteiger partial charge in [-0.1, -0.05) is 6.92 Å². The van der Waals surface area contributed by atoms with Crippen molar-refractivity contribution in [2.24, 2.45) is 0 Å². The standard InChI is InChI=1S/C19H25N3O3S/c1-4-15(2)21-26(24,25)18-7-5-17(6-8-18)19(23)22(3)14-11-16-9-12-20-13-10-16/h5-10,12-13,15,21H,4,11,14H2,1-3H3. The predicted octanol–water partition coefficient (Wildman–Crippen LogP) is 2.47. The van der Waals surface area contributed by atoms with Crippen molar-refractivity contribution in [2.45, 2.75) is 37.6 Å². The van der Waals surface area contributed by atoms with E-state index in [-0.39, 0.29) is 16.8 Å². The molecule has 0 spiro atoms. The van der Waals surface area contributed by atoms with Crippen LogP contribution in [0.5, 0.6) is 0 Å². The Bertz CT molecular complexity index is 821. The topological polar surface area (TPSA) is 79.4 Å². The fourth-order valence-electron chi connectivity index (χ4n) is 2.36. The third kappa shape index (κ3) is 5.37. The molecule has 2 rings (SSSR count). The van der Waals surface area contributed by atoms with Crippen LogP contribution >= 0.6 is 0 Å². The van der Waals surface area contributed by atoms with Crippen LogP contribution in [0.25, 0.3) is 0 Å². The highest BCUT2D eigenvalue weighted by Crippen LogP contribution is 2.13. The van der Waals surface area contributed by atoms with Crippen molar-refractivity contribution in [1.29, 1.82) is 0 Å². The van der Waals surface area contributed by atoms with E-state index in [9.17, 15) is 13.2 Å². The van der Waals surface area contributed by atoms with Gasteiger partial charge in [-0.15, -0.1) is 0 Å². The van der Waals surface area contributed by atoms with E-state index >= 15 is 0 Å². The van der Waals surface area contributed by atoms with E-state index in [2.05, 4.69) is 9.71 Å². The molecule has 0 aliphatic rings. The molecule has 26 heavy (non-hydrogen) atoms. The Morgan fingerprint density at radius 1 is 1.15 bits per heavy atom. The van der Waals surface area contributed by atoms with Gasteiger partial charge in [0.25, 0.3) is 5.91 Å². The van der Waals surface area contributed by atoms with Crippen LogP contribution in [-0.2, 0) is 16.4 Å². The van der Waals surface area contributed by atoms with Gasteiger partial charge in [0, 0.05) is 37.6 Å². The summed E-state index contributed by atoms with van der Waals surface area (Å²) in [6.07, 6.45) is 4.89. The van der Waals surface area contributed by atoms with Crippen LogP contribution in [0.3, 0.4) is 0 Å². The second-order valence-electron chi connectivity index (χ2n) is 6.29. The molecule has 1 unspecified atom stereocenters. The predicted molar refractivity (Wildman–Crippen MR) is 101 cm³/mol. The van der Waals surface area contributed by atoms with Crippen LogP contribution in [0.15, 0.2) is 53.7 Å². The molecule has 1 aromatic carbocycles. The maximum Gasteiger partial charge on any atom is 0.253 e. The van der Waals surface area contributed by atoms with Gasteiger partial charge in [-0.05, 0) is 61.7 Å². The number of sulfonamides is 1. The number of nitrogens with zero attached hydrogens (tertiary/aromatic N) is 2. The SMILES string of the molecule is CCC(C)NS(=O)(=O)c1ccc(C(=O)N(C)CCc2ccncc2)cc1. The molecule has 140 valence electrons. The smallest absolute Gasteiger partial charge is 0.253 e.